The Hall–Kier alpha value is -2.86. The Kier molecular flexibility index (Phi) is 4.36. The second-order valence-electron chi connectivity index (χ2n) is 6.69. The largest absolute Gasteiger partial charge is 0.311 e. The maximum absolute atomic E-state index is 13.0. The predicted octanol–water partition coefficient (Wildman–Crippen LogP) is 3.66. The van der Waals surface area contributed by atoms with Crippen LogP contribution in [-0.4, -0.2) is 33.7 Å². The molecule has 0 atom stereocenters. The number of sulfonamides is 1. The lowest BCUT2D eigenvalue weighted by Gasteiger charge is -2.20. The van der Waals surface area contributed by atoms with Crippen LogP contribution >= 0.6 is 0 Å². The van der Waals surface area contributed by atoms with E-state index in [1.54, 1.807) is 36.2 Å². The molecule has 1 aliphatic rings. The van der Waals surface area contributed by atoms with E-state index in [2.05, 4.69) is 0 Å². The Balaban J connectivity index is 1.64. The van der Waals surface area contributed by atoms with Crippen LogP contribution in [0.15, 0.2) is 66.7 Å². The fraction of sp³-hybridized carbons (Fsp3) is 0.190. The van der Waals surface area contributed by atoms with E-state index in [1.807, 2.05) is 42.5 Å². The molecule has 27 heavy (non-hydrogen) atoms. The highest BCUT2D eigenvalue weighted by Gasteiger charge is 2.29. The Morgan fingerprint density at radius 3 is 2.48 bits per heavy atom. The van der Waals surface area contributed by atoms with Crippen molar-refractivity contribution < 1.29 is 13.2 Å². The van der Waals surface area contributed by atoms with Gasteiger partial charge in [0.15, 0.2) is 0 Å². The molecule has 0 unspecified atom stereocenters. The van der Waals surface area contributed by atoms with E-state index in [1.165, 1.54) is 4.31 Å². The molecule has 1 heterocycles. The van der Waals surface area contributed by atoms with Crippen molar-refractivity contribution in [1.29, 1.82) is 0 Å². The van der Waals surface area contributed by atoms with Gasteiger partial charge in [0.05, 0.1) is 11.4 Å². The average Bonchev–Trinajstić information content (AvgIpc) is 3.05. The zero-order valence-electron chi connectivity index (χ0n) is 15.0. The molecule has 0 radical (unpaired) electrons. The van der Waals surface area contributed by atoms with Crippen LogP contribution in [0.5, 0.6) is 0 Å². The molecule has 1 saturated heterocycles. The molecule has 5 nitrogen and oxygen atoms in total. The van der Waals surface area contributed by atoms with Crippen LogP contribution in [-0.2, 0) is 10.0 Å². The van der Waals surface area contributed by atoms with E-state index < -0.39 is 10.0 Å². The highest BCUT2D eigenvalue weighted by molar-refractivity contribution is 7.93. The van der Waals surface area contributed by atoms with Gasteiger partial charge in [0.1, 0.15) is 0 Å². The number of carbonyl (C=O) groups is 1. The summed E-state index contributed by atoms with van der Waals surface area (Å²) in [6.07, 6.45) is 0.609. The van der Waals surface area contributed by atoms with Gasteiger partial charge in [0.25, 0.3) is 5.91 Å². The van der Waals surface area contributed by atoms with E-state index in [9.17, 15) is 13.2 Å². The fourth-order valence-electron chi connectivity index (χ4n) is 3.42. The molecule has 3 aromatic carbocycles. The number of fused-ring (bicyclic) bond motifs is 1. The number of amides is 1. The van der Waals surface area contributed by atoms with Gasteiger partial charge in [0, 0.05) is 24.8 Å². The summed E-state index contributed by atoms with van der Waals surface area (Å²) in [6.45, 7) is 0.459. The van der Waals surface area contributed by atoms with E-state index in [0.717, 1.165) is 16.5 Å². The molecule has 3 aromatic rings. The number of rotatable bonds is 3. The van der Waals surface area contributed by atoms with Crippen molar-refractivity contribution in [2.24, 2.45) is 0 Å². The molecule has 1 amide bonds. The van der Waals surface area contributed by atoms with Crippen LogP contribution in [0.4, 0.5) is 11.4 Å². The second kappa shape index (κ2) is 6.70. The number of anilines is 2. The van der Waals surface area contributed by atoms with Crippen molar-refractivity contribution in [3.8, 4) is 0 Å². The number of hydrogen-bond donors (Lipinski definition) is 0. The minimum Gasteiger partial charge on any atom is -0.311 e. The molecule has 0 spiro atoms. The minimum atomic E-state index is -3.27. The minimum absolute atomic E-state index is 0.155. The lowest BCUT2D eigenvalue weighted by atomic mass is 10.1. The number of benzene rings is 3. The molecule has 0 aliphatic carbocycles. The van der Waals surface area contributed by atoms with Crippen LogP contribution in [0.1, 0.15) is 16.8 Å². The summed E-state index contributed by atoms with van der Waals surface area (Å²) >= 11 is 0. The third kappa shape index (κ3) is 3.28. The molecule has 0 N–H and O–H groups in total. The molecule has 0 bridgehead atoms. The van der Waals surface area contributed by atoms with Gasteiger partial charge in [-0.15, -0.1) is 0 Å². The maximum atomic E-state index is 13.0. The van der Waals surface area contributed by atoms with Gasteiger partial charge in [-0.3, -0.25) is 9.10 Å². The Bertz CT molecular complexity index is 1120. The SMILES string of the molecule is CN(C(=O)c1cccc(N2CCCS2(=O)=O)c1)c1ccc2ccccc2c1. The zero-order valence-corrected chi connectivity index (χ0v) is 15.8. The highest BCUT2D eigenvalue weighted by Crippen LogP contribution is 2.27. The Morgan fingerprint density at radius 1 is 0.963 bits per heavy atom. The number of carbonyl (C=O) groups excluding carboxylic acids is 1. The lowest BCUT2D eigenvalue weighted by Crippen LogP contribution is -2.28. The molecular formula is C21H20N2O3S. The molecular weight excluding hydrogens is 360 g/mol. The molecule has 1 aliphatic heterocycles. The summed E-state index contributed by atoms with van der Waals surface area (Å²) in [7, 11) is -1.54. The summed E-state index contributed by atoms with van der Waals surface area (Å²) in [6, 6.07) is 20.7. The van der Waals surface area contributed by atoms with Crippen molar-refractivity contribution in [2.45, 2.75) is 6.42 Å². The topological polar surface area (TPSA) is 57.7 Å². The predicted molar refractivity (Wildman–Crippen MR) is 109 cm³/mol. The molecule has 1 fully saturated rings. The molecule has 0 saturated carbocycles. The van der Waals surface area contributed by atoms with Crippen LogP contribution in [0, 0.1) is 0 Å². The molecule has 6 heteroatoms. The van der Waals surface area contributed by atoms with Crippen LogP contribution in [0.2, 0.25) is 0 Å². The summed E-state index contributed by atoms with van der Waals surface area (Å²) < 4.78 is 25.7. The summed E-state index contributed by atoms with van der Waals surface area (Å²) in [4.78, 5) is 14.6. The van der Waals surface area contributed by atoms with Crippen molar-refractivity contribution >= 4 is 38.1 Å². The second-order valence-corrected chi connectivity index (χ2v) is 8.70. The standard InChI is InChI=1S/C21H20N2O3S/c1-22(19-11-10-16-6-2-3-7-17(16)14-19)21(24)18-8-4-9-20(15-18)23-12-5-13-27(23,25)26/h2-4,6-11,14-15H,5,12-13H2,1H3. The first-order valence-corrected chi connectivity index (χ1v) is 10.4. The van der Waals surface area contributed by atoms with Gasteiger partial charge in [0.2, 0.25) is 10.0 Å². The fourth-order valence-corrected chi connectivity index (χ4v) is 4.98. The van der Waals surface area contributed by atoms with E-state index in [4.69, 9.17) is 0 Å². The number of hydrogen-bond acceptors (Lipinski definition) is 3. The molecule has 4 rings (SSSR count). The van der Waals surface area contributed by atoms with Gasteiger partial charge in [-0.05, 0) is 47.5 Å². The third-order valence-corrected chi connectivity index (χ3v) is 6.77. The summed E-state index contributed by atoms with van der Waals surface area (Å²) in [5.74, 6) is -0.0222. The van der Waals surface area contributed by atoms with Crippen molar-refractivity contribution in [1.82, 2.24) is 0 Å². The van der Waals surface area contributed by atoms with E-state index >= 15 is 0 Å². The smallest absolute Gasteiger partial charge is 0.258 e. The van der Waals surface area contributed by atoms with Crippen molar-refractivity contribution in [2.75, 3.05) is 28.6 Å². The van der Waals surface area contributed by atoms with Crippen LogP contribution in [0.25, 0.3) is 10.8 Å². The first-order chi connectivity index (χ1) is 13.0. The van der Waals surface area contributed by atoms with E-state index in [0.29, 0.717) is 24.2 Å². The van der Waals surface area contributed by atoms with Gasteiger partial charge >= 0.3 is 0 Å². The highest BCUT2D eigenvalue weighted by atomic mass is 32.2. The molecule has 0 aromatic heterocycles. The summed E-state index contributed by atoms with van der Waals surface area (Å²) in [5, 5.41) is 2.18. The quantitative estimate of drug-likeness (QED) is 0.697. The zero-order chi connectivity index (χ0) is 19.0. The lowest BCUT2D eigenvalue weighted by molar-refractivity contribution is 0.0993. The molecule has 138 valence electrons. The van der Waals surface area contributed by atoms with Gasteiger partial charge in [-0.1, -0.05) is 36.4 Å². The first-order valence-electron chi connectivity index (χ1n) is 8.83. The van der Waals surface area contributed by atoms with Gasteiger partial charge in [-0.25, -0.2) is 8.42 Å². The van der Waals surface area contributed by atoms with Crippen molar-refractivity contribution in [3.05, 3.63) is 72.3 Å². The Labute approximate surface area is 158 Å². The monoisotopic (exact) mass is 380 g/mol. The van der Waals surface area contributed by atoms with Crippen LogP contribution in [0.3, 0.4) is 0 Å². The normalized spacial score (nSPS) is 15.8. The van der Waals surface area contributed by atoms with E-state index in [-0.39, 0.29) is 11.7 Å². The van der Waals surface area contributed by atoms with Crippen molar-refractivity contribution in [3.63, 3.8) is 0 Å². The average molecular weight is 380 g/mol. The summed E-state index contributed by atoms with van der Waals surface area (Å²) in [5.41, 5.74) is 1.80. The van der Waals surface area contributed by atoms with Gasteiger partial charge in [-0.2, -0.15) is 0 Å². The number of nitrogens with zero attached hydrogens (tertiary/aromatic N) is 2. The first kappa shape index (κ1) is 17.5. The van der Waals surface area contributed by atoms with Gasteiger partial charge < -0.3 is 4.90 Å². The third-order valence-electron chi connectivity index (χ3n) is 4.91. The Morgan fingerprint density at radius 2 is 1.74 bits per heavy atom. The maximum Gasteiger partial charge on any atom is 0.258 e. The van der Waals surface area contributed by atoms with Crippen LogP contribution < -0.4 is 9.21 Å².